The number of unbranched alkanes of at least 4 members (excludes halogenated alkanes) is 14. The summed E-state index contributed by atoms with van der Waals surface area (Å²) in [5.74, 6) is -4.41. The van der Waals surface area contributed by atoms with Crippen molar-refractivity contribution in [1.29, 1.82) is 0 Å². The lowest BCUT2D eigenvalue weighted by molar-refractivity contribution is -0.177. The van der Waals surface area contributed by atoms with Gasteiger partial charge in [-0.2, -0.15) is 0 Å². The standard InChI is InChI=1S/C26H56P.C12H16BO8/c1-5-9-13-14-15-16-17-18-19-20-21-22-26-27(23-10-6-2,24-11-7-3)25-12-8-4;1-2-5-8-11(16)20-13(21-12(8)17)18-9(14)6-3-4-7-10(15)19-13/h5-26H2,1-4H3;8H,2-7H2,1H3/q+1;-1. The second-order valence-electron chi connectivity index (χ2n) is 14.2. The zero-order valence-electron chi connectivity index (χ0n) is 31.7. The van der Waals surface area contributed by atoms with Crippen LogP contribution >= 0.6 is 7.26 Å². The third-order valence-corrected chi connectivity index (χ3v) is 14.7. The Kier molecular flexibility index (Phi) is 25.1. The van der Waals surface area contributed by atoms with Crippen molar-refractivity contribution in [2.24, 2.45) is 5.92 Å². The van der Waals surface area contributed by atoms with E-state index in [1.165, 1.54) is 109 Å². The quantitative estimate of drug-likeness (QED) is 0.0424. The van der Waals surface area contributed by atoms with Crippen LogP contribution in [0, 0.1) is 5.92 Å². The van der Waals surface area contributed by atoms with Crippen LogP contribution in [0.15, 0.2) is 0 Å². The van der Waals surface area contributed by atoms with Gasteiger partial charge in [-0.25, -0.2) is 0 Å². The Labute approximate surface area is 294 Å². The zero-order chi connectivity index (χ0) is 35.5. The van der Waals surface area contributed by atoms with Gasteiger partial charge in [-0.15, -0.1) is 0 Å². The molecule has 0 amide bonds. The van der Waals surface area contributed by atoms with E-state index in [4.69, 9.17) is 18.6 Å². The van der Waals surface area contributed by atoms with Crippen molar-refractivity contribution in [2.45, 2.75) is 189 Å². The van der Waals surface area contributed by atoms with Gasteiger partial charge in [0.05, 0.1) is 24.6 Å². The van der Waals surface area contributed by atoms with Gasteiger partial charge < -0.3 is 18.6 Å². The fourth-order valence-electron chi connectivity index (χ4n) is 6.63. The molecule has 2 heterocycles. The van der Waals surface area contributed by atoms with E-state index >= 15 is 0 Å². The molecule has 0 unspecified atom stereocenters. The summed E-state index contributed by atoms with van der Waals surface area (Å²) in [6, 6.07) is 0. The summed E-state index contributed by atoms with van der Waals surface area (Å²) < 4.78 is 19.4. The summed E-state index contributed by atoms with van der Waals surface area (Å²) in [6.07, 6.45) is 34.7. The van der Waals surface area contributed by atoms with Crippen molar-refractivity contribution in [2.75, 3.05) is 24.6 Å². The van der Waals surface area contributed by atoms with Gasteiger partial charge in [-0.1, -0.05) is 125 Å². The maximum absolute atomic E-state index is 11.9. The van der Waals surface area contributed by atoms with E-state index < -0.39 is 44.0 Å². The van der Waals surface area contributed by atoms with Crippen LogP contribution in [-0.4, -0.2) is 55.5 Å². The average Bonchev–Trinajstić information content (AvgIpc) is 3.12. The molecular weight excluding hydrogens is 626 g/mol. The van der Waals surface area contributed by atoms with Gasteiger partial charge in [0.15, 0.2) is 0 Å². The molecule has 0 N–H and O–H groups in total. The second-order valence-corrected chi connectivity index (χ2v) is 18.6. The largest absolute Gasteiger partial charge is 0.784 e. The van der Waals surface area contributed by atoms with E-state index in [-0.39, 0.29) is 19.3 Å². The lowest BCUT2D eigenvalue weighted by Gasteiger charge is -2.42. The van der Waals surface area contributed by atoms with Crippen molar-refractivity contribution in [3.8, 4) is 0 Å². The maximum atomic E-state index is 11.9. The molecule has 2 saturated heterocycles. The van der Waals surface area contributed by atoms with Crippen LogP contribution in [0.1, 0.15) is 189 Å². The summed E-state index contributed by atoms with van der Waals surface area (Å²) in [7, 11) is -0.626. The van der Waals surface area contributed by atoms with E-state index in [1.54, 1.807) is 38.0 Å². The normalized spacial score (nSPS) is 16.9. The highest BCUT2D eigenvalue weighted by Crippen LogP contribution is 2.61. The summed E-state index contributed by atoms with van der Waals surface area (Å²) >= 11 is 0. The Bertz CT molecular complexity index is 836. The summed E-state index contributed by atoms with van der Waals surface area (Å²) in [4.78, 5) is 47.0. The third-order valence-electron chi connectivity index (χ3n) is 9.67. The minimum atomic E-state index is -3.47. The molecule has 8 nitrogen and oxygen atoms in total. The van der Waals surface area contributed by atoms with Gasteiger partial charge in [0, 0.05) is 20.1 Å². The van der Waals surface area contributed by atoms with Gasteiger partial charge in [-0.05, 0) is 51.4 Å². The monoisotopic (exact) mass is 699 g/mol. The first kappa shape index (κ1) is 44.4. The molecule has 48 heavy (non-hydrogen) atoms. The van der Waals surface area contributed by atoms with Crippen molar-refractivity contribution in [3.63, 3.8) is 0 Å². The molecule has 0 radical (unpaired) electrons. The van der Waals surface area contributed by atoms with Crippen molar-refractivity contribution in [1.82, 2.24) is 0 Å². The SMILES string of the molecule is CCCC1C(=O)O[B-]2(OC(=O)CCCCC(=O)O2)OC1=O.CCCCCCCCCCCCCC[P+](CCCC)(CCCC)CCCC. The smallest absolute Gasteiger partial charge is 0.585 e. The molecule has 0 atom stereocenters. The first-order chi connectivity index (χ1) is 23.2. The molecule has 280 valence electrons. The molecule has 2 aliphatic rings. The molecule has 10 heteroatoms. The zero-order valence-corrected chi connectivity index (χ0v) is 32.6. The third kappa shape index (κ3) is 18.9. The molecule has 0 aliphatic carbocycles. The average molecular weight is 699 g/mol. The van der Waals surface area contributed by atoms with Gasteiger partial charge in [0.25, 0.3) is 23.9 Å². The number of rotatable bonds is 24. The lowest BCUT2D eigenvalue weighted by atomic mass is 9.95. The summed E-state index contributed by atoms with van der Waals surface area (Å²) in [6.45, 7) is 7.78. The van der Waals surface area contributed by atoms with Crippen molar-refractivity contribution in [3.05, 3.63) is 0 Å². The van der Waals surface area contributed by atoms with E-state index in [1.807, 2.05) is 0 Å². The number of hydrogen-bond acceptors (Lipinski definition) is 8. The molecule has 0 saturated carbocycles. The second kappa shape index (κ2) is 27.1. The molecule has 0 aromatic carbocycles. The van der Waals surface area contributed by atoms with E-state index in [2.05, 4.69) is 27.7 Å². The predicted molar refractivity (Wildman–Crippen MR) is 199 cm³/mol. The first-order valence-corrected chi connectivity index (χ1v) is 22.6. The van der Waals surface area contributed by atoms with Gasteiger partial charge in [-0.3, -0.25) is 19.2 Å². The molecule has 0 aromatic rings. The Morgan fingerprint density at radius 1 is 0.479 bits per heavy atom. The molecule has 0 bridgehead atoms. The van der Waals surface area contributed by atoms with Gasteiger partial charge in [0.1, 0.15) is 5.92 Å². The van der Waals surface area contributed by atoms with Crippen LogP contribution in [-0.2, 0) is 37.8 Å². The number of carbonyl (C=O) groups excluding carboxylic acids is 4. The minimum absolute atomic E-state index is 0.0215. The topological polar surface area (TPSA) is 105 Å². The highest BCUT2D eigenvalue weighted by atomic mass is 31.2. The van der Waals surface area contributed by atoms with Crippen LogP contribution in [0.25, 0.3) is 0 Å². The Hall–Kier alpha value is -1.63. The Morgan fingerprint density at radius 2 is 0.833 bits per heavy atom. The number of carbonyl (C=O) groups is 4. The van der Waals surface area contributed by atoms with Crippen LogP contribution in [0.5, 0.6) is 0 Å². The predicted octanol–water partition coefficient (Wildman–Crippen LogP) is 10.7. The highest BCUT2D eigenvalue weighted by Gasteiger charge is 2.54. The molecular formula is C38H72BO8P. The maximum Gasteiger partial charge on any atom is 0.784 e. The fourth-order valence-corrected chi connectivity index (χ4v) is 11.8. The molecule has 1 spiro atoms. The van der Waals surface area contributed by atoms with E-state index in [0.717, 1.165) is 0 Å². The highest BCUT2D eigenvalue weighted by molar-refractivity contribution is 7.75. The van der Waals surface area contributed by atoms with Gasteiger partial charge >= 0.3 is 6.96 Å². The molecule has 2 fully saturated rings. The van der Waals surface area contributed by atoms with Gasteiger partial charge in [0.2, 0.25) is 0 Å². The van der Waals surface area contributed by atoms with Crippen molar-refractivity contribution < 1.29 is 37.8 Å². The van der Waals surface area contributed by atoms with Crippen molar-refractivity contribution >= 4 is 38.1 Å². The fraction of sp³-hybridized carbons (Fsp3) is 0.895. The molecule has 2 rings (SSSR count). The first-order valence-electron chi connectivity index (χ1n) is 20.1. The Morgan fingerprint density at radius 3 is 1.21 bits per heavy atom. The van der Waals surface area contributed by atoms with Crippen LogP contribution in [0.2, 0.25) is 0 Å². The van der Waals surface area contributed by atoms with E-state index in [9.17, 15) is 19.2 Å². The summed E-state index contributed by atoms with van der Waals surface area (Å²) in [5, 5.41) is 0. The summed E-state index contributed by atoms with van der Waals surface area (Å²) in [5.41, 5.74) is 0. The van der Waals surface area contributed by atoms with Crippen LogP contribution in [0.4, 0.5) is 0 Å². The van der Waals surface area contributed by atoms with E-state index in [0.29, 0.717) is 19.3 Å². The Balaban J connectivity index is 0.000000493. The minimum Gasteiger partial charge on any atom is -0.585 e. The molecule has 0 aromatic heterocycles. The number of hydrogen-bond donors (Lipinski definition) is 0. The van der Waals surface area contributed by atoms with Crippen LogP contribution in [0.3, 0.4) is 0 Å². The van der Waals surface area contributed by atoms with Crippen LogP contribution < -0.4 is 0 Å². The molecule has 2 aliphatic heterocycles. The lowest BCUT2D eigenvalue weighted by Crippen LogP contribution is -2.59.